The highest BCUT2D eigenvalue weighted by Crippen LogP contribution is 2.32. The molecular formula is C18H22ClN3O2S. The van der Waals surface area contributed by atoms with Gasteiger partial charge in [0.15, 0.2) is 0 Å². The number of hydrogen-bond acceptors (Lipinski definition) is 5. The van der Waals surface area contributed by atoms with Crippen LogP contribution < -0.4 is 11.1 Å². The van der Waals surface area contributed by atoms with Crippen LogP contribution >= 0.6 is 23.7 Å². The summed E-state index contributed by atoms with van der Waals surface area (Å²) in [5, 5.41) is 6.62. The third-order valence-electron chi connectivity index (χ3n) is 4.08. The molecule has 134 valence electrons. The number of nitrogens with two attached hydrogens (primary N) is 1. The van der Waals surface area contributed by atoms with Gasteiger partial charge < -0.3 is 15.5 Å². The zero-order valence-electron chi connectivity index (χ0n) is 14.4. The molecule has 0 radical (unpaired) electrons. The van der Waals surface area contributed by atoms with Gasteiger partial charge in [0.25, 0.3) is 5.91 Å². The van der Waals surface area contributed by atoms with E-state index in [4.69, 9.17) is 10.2 Å². The van der Waals surface area contributed by atoms with Crippen molar-refractivity contribution in [1.29, 1.82) is 0 Å². The highest BCUT2D eigenvalue weighted by molar-refractivity contribution is 7.09. The van der Waals surface area contributed by atoms with Crippen molar-refractivity contribution in [2.75, 3.05) is 0 Å². The number of benzene rings is 1. The largest absolute Gasteiger partial charge is 0.459 e. The van der Waals surface area contributed by atoms with Crippen molar-refractivity contribution in [1.82, 2.24) is 10.3 Å². The molecule has 5 nitrogen and oxygen atoms in total. The predicted octanol–water partition coefficient (Wildman–Crippen LogP) is 4.21. The van der Waals surface area contributed by atoms with Gasteiger partial charge in [-0.05, 0) is 18.9 Å². The van der Waals surface area contributed by atoms with E-state index in [0.717, 1.165) is 27.3 Å². The number of amides is 1. The minimum atomic E-state index is -0.215. The van der Waals surface area contributed by atoms with Crippen LogP contribution in [0.4, 0.5) is 0 Å². The number of nitrogens with zero attached hydrogens (tertiary/aromatic N) is 1. The van der Waals surface area contributed by atoms with Crippen LogP contribution in [0.3, 0.4) is 0 Å². The second-order valence-electron chi connectivity index (χ2n) is 6.11. The maximum absolute atomic E-state index is 12.5. The molecule has 1 aromatic carbocycles. The van der Waals surface area contributed by atoms with Gasteiger partial charge in [0.1, 0.15) is 22.0 Å². The summed E-state index contributed by atoms with van der Waals surface area (Å²) in [5.74, 6) is 0.777. The number of aryl methyl sites for hydroxylation is 1. The summed E-state index contributed by atoms with van der Waals surface area (Å²) in [4.78, 5) is 16.8. The number of fused-ring (bicyclic) bond motifs is 1. The molecule has 7 heteroatoms. The Kier molecular flexibility index (Phi) is 6.21. The van der Waals surface area contributed by atoms with E-state index in [2.05, 4.69) is 24.1 Å². The SMILES string of the molecule is Cc1c(C(NC(=O)c2csc(CN)n2)C(C)C)oc2ccccc12.Cl. The van der Waals surface area contributed by atoms with Crippen molar-refractivity contribution in [3.63, 3.8) is 0 Å². The van der Waals surface area contributed by atoms with Gasteiger partial charge in [-0.15, -0.1) is 23.7 Å². The average molecular weight is 380 g/mol. The zero-order chi connectivity index (χ0) is 17.3. The molecule has 0 aliphatic carbocycles. The lowest BCUT2D eigenvalue weighted by molar-refractivity contribution is 0.0914. The number of para-hydroxylation sites is 1. The van der Waals surface area contributed by atoms with E-state index in [1.54, 1.807) is 5.38 Å². The normalized spacial score (nSPS) is 12.2. The van der Waals surface area contributed by atoms with Gasteiger partial charge >= 0.3 is 0 Å². The Bertz CT molecular complexity index is 872. The van der Waals surface area contributed by atoms with Crippen molar-refractivity contribution in [3.05, 3.63) is 51.7 Å². The maximum atomic E-state index is 12.5. The summed E-state index contributed by atoms with van der Waals surface area (Å²) in [7, 11) is 0. The highest BCUT2D eigenvalue weighted by atomic mass is 35.5. The summed E-state index contributed by atoms with van der Waals surface area (Å²) >= 11 is 1.40. The van der Waals surface area contributed by atoms with Crippen molar-refractivity contribution in [3.8, 4) is 0 Å². The molecule has 1 atom stereocenters. The molecule has 0 aliphatic rings. The molecule has 0 bridgehead atoms. The quantitative estimate of drug-likeness (QED) is 0.695. The van der Waals surface area contributed by atoms with Gasteiger partial charge in [0.2, 0.25) is 0 Å². The van der Waals surface area contributed by atoms with Crippen LogP contribution in [0.2, 0.25) is 0 Å². The number of halogens is 1. The van der Waals surface area contributed by atoms with Gasteiger partial charge in [-0.3, -0.25) is 4.79 Å². The Hall–Kier alpha value is -1.89. The van der Waals surface area contributed by atoms with Gasteiger partial charge in [-0.2, -0.15) is 0 Å². The summed E-state index contributed by atoms with van der Waals surface area (Å²) in [6.07, 6.45) is 0. The highest BCUT2D eigenvalue weighted by Gasteiger charge is 2.26. The number of carbonyl (C=O) groups excluding carboxylic acids is 1. The molecule has 0 spiro atoms. The first-order valence-corrected chi connectivity index (χ1v) is 8.82. The van der Waals surface area contributed by atoms with E-state index in [-0.39, 0.29) is 30.3 Å². The molecule has 3 rings (SSSR count). The predicted molar refractivity (Wildman–Crippen MR) is 103 cm³/mol. The summed E-state index contributed by atoms with van der Waals surface area (Å²) in [6, 6.07) is 7.69. The lowest BCUT2D eigenvalue weighted by atomic mass is 9.98. The van der Waals surface area contributed by atoms with Crippen molar-refractivity contribution in [2.24, 2.45) is 11.7 Å². The fourth-order valence-electron chi connectivity index (χ4n) is 2.75. The molecule has 2 heterocycles. The second-order valence-corrected chi connectivity index (χ2v) is 7.06. The van der Waals surface area contributed by atoms with Crippen molar-refractivity contribution in [2.45, 2.75) is 33.4 Å². The maximum Gasteiger partial charge on any atom is 0.271 e. The fourth-order valence-corrected chi connectivity index (χ4v) is 3.40. The standard InChI is InChI=1S/C18H21N3O2S.ClH/c1-10(2)16(21-18(22)13-9-24-15(8-19)20-13)17-11(3)12-6-4-5-7-14(12)23-17;/h4-7,9-10,16H,8,19H2,1-3H3,(H,21,22);1H. The lowest BCUT2D eigenvalue weighted by Crippen LogP contribution is -2.32. The molecule has 1 amide bonds. The number of carbonyl (C=O) groups is 1. The summed E-state index contributed by atoms with van der Waals surface area (Å²) in [5.41, 5.74) is 7.87. The fraction of sp³-hybridized carbons (Fsp3) is 0.333. The minimum Gasteiger partial charge on any atom is -0.459 e. The first-order chi connectivity index (χ1) is 11.5. The van der Waals surface area contributed by atoms with E-state index in [1.807, 2.05) is 31.2 Å². The Morgan fingerprint density at radius 3 is 2.68 bits per heavy atom. The summed E-state index contributed by atoms with van der Waals surface area (Å²) < 4.78 is 6.03. The van der Waals surface area contributed by atoms with Gasteiger partial charge in [0.05, 0.1) is 6.04 Å². The molecule has 3 N–H and O–H groups in total. The van der Waals surface area contributed by atoms with Gasteiger partial charge in [-0.25, -0.2) is 4.98 Å². The van der Waals surface area contributed by atoms with E-state index in [9.17, 15) is 4.79 Å². The van der Waals surface area contributed by atoms with E-state index < -0.39 is 0 Å². The number of rotatable bonds is 5. The lowest BCUT2D eigenvalue weighted by Gasteiger charge is -2.20. The smallest absolute Gasteiger partial charge is 0.271 e. The first kappa shape index (κ1) is 19.4. The Morgan fingerprint density at radius 2 is 2.08 bits per heavy atom. The van der Waals surface area contributed by atoms with Crippen molar-refractivity contribution < 1.29 is 9.21 Å². The Labute approximate surface area is 157 Å². The molecule has 0 fully saturated rings. The molecular weight excluding hydrogens is 358 g/mol. The van der Waals surface area contributed by atoms with Crippen LogP contribution in [0.1, 0.15) is 46.7 Å². The molecule has 25 heavy (non-hydrogen) atoms. The van der Waals surface area contributed by atoms with Crippen LogP contribution in [0.5, 0.6) is 0 Å². The molecule has 2 aromatic heterocycles. The number of furan rings is 1. The second kappa shape index (κ2) is 7.99. The van der Waals surface area contributed by atoms with E-state index in [0.29, 0.717) is 12.2 Å². The van der Waals surface area contributed by atoms with Crippen LogP contribution in [-0.2, 0) is 6.54 Å². The molecule has 0 saturated carbocycles. The monoisotopic (exact) mass is 379 g/mol. The zero-order valence-corrected chi connectivity index (χ0v) is 16.0. The van der Waals surface area contributed by atoms with E-state index >= 15 is 0 Å². The summed E-state index contributed by atoms with van der Waals surface area (Å²) in [6.45, 7) is 6.49. The third kappa shape index (κ3) is 3.86. The van der Waals surface area contributed by atoms with Crippen LogP contribution in [-0.4, -0.2) is 10.9 Å². The van der Waals surface area contributed by atoms with Gasteiger partial charge in [0, 0.05) is 22.9 Å². The average Bonchev–Trinajstić information content (AvgIpc) is 3.18. The van der Waals surface area contributed by atoms with Crippen LogP contribution in [0.15, 0.2) is 34.1 Å². The van der Waals surface area contributed by atoms with Crippen LogP contribution in [0, 0.1) is 12.8 Å². The first-order valence-electron chi connectivity index (χ1n) is 7.94. The van der Waals surface area contributed by atoms with Crippen molar-refractivity contribution >= 4 is 40.6 Å². The number of thiazole rings is 1. The third-order valence-corrected chi connectivity index (χ3v) is 4.95. The van der Waals surface area contributed by atoms with Gasteiger partial charge in [-0.1, -0.05) is 32.0 Å². The topological polar surface area (TPSA) is 81.2 Å². The number of aromatic nitrogens is 1. The Balaban J connectivity index is 0.00000225. The number of nitrogens with one attached hydrogen (secondary N) is 1. The Morgan fingerprint density at radius 1 is 1.36 bits per heavy atom. The number of hydrogen-bond donors (Lipinski definition) is 2. The van der Waals surface area contributed by atoms with Crippen LogP contribution in [0.25, 0.3) is 11.0 Å². The molecule has 3 aromatic rings. The molecule has 1 unspecified atom stereocenters. The minimum absolute atomic E-state index is 0. The van der Waals surface area contributed by atoms with E-state index in [1.165, 1.54) is 11.3 Å². The molecule has 0 aliphatic heterocycles. The molecule has 0 saturated heterocycles.